The Morgan fingerprint density at radius 1 is 1.26 bits per heavy atom. The van der Waals surface area contributed by atoms with Gasteiger partial charge in [-0.05, 0) is 28.4 Å². The molecule has 8 nitrogen and oxygen atoms in total. The zero-order valence-corrected chi connectivity index (χ0v) is 19.0. The van der Waals surface area contributed by atoms with Gasteiger partial charge in [0.1, 0.15) is 11.5 Å². The predicted molar refractivity (Wildman–Crippen MR) is 123 cm³/mol. The Labute approximate surface area is 192 Å². The van der Waals surface area contributed by atoms with Gasteiger partial charge in [-0.25, -0.2) is 9.97 Å². The van der Waals surface area contributed by atoms with E-state index in [0.717, 1.165) is 28.0 Å². The highest BCUT2D eigenvalue weighted by Crippen LogP contribution is 2.30. The molecule has 4 rings (SSSR count). The molecule has 3 heterocycles. The summed E-state index contributed by atoms with van der Waals surface area (Å²) in [6.07, 6.45) is 6.96. The van der Waals surface area contributed by atoms with Gasteiger partial charge >= 0.3 is 0 Å². The molecule has 4 aromatic rings. The van der Waals surface area contributed by atoms with Crippen LogP contribution in [-0.4, -0.2) is 55.5 Å². The molecular formula is C21H19BrClN7O. The average molecular weight is 501 g/mol. The van der Waals surface area contributed by atoms with Crippen molar-refractivity contribution in [2.24, 2.45) is 0 Å². The fourth-order valence-corrected chi connectivity index (χ4v) is 3.69. The van der Waals surface area contributed by atoms with Crippen molar-refractivity contribution in [1.29, 1.82) is 0 Å². The molecular weight excluding hydrogens is 482 g/mol. The smallest absolute Gasteiger partial charge is 0.273 e. The standard InChI is InChI=1S/C21H19BrClN7O/c1-29(21(31)18-13-24-8-9-25-18)10-4-7-26-19-11-17(14-5-2-3-6-16(14)23)28-20-15(22)12-27-30(19)20/h2-3,5-6,8-9,11-13,26H,4,7,10H2,1H3. The first-order valence-electron chi connectivity index (χ1n) is 9.59. The summed E-state index contributed by atoms with van der Waals surface area (Å²) in [4.78, 5) is 26.7. The van der Waals surface area contributed by atoms with Crippen LogP contribution in [0.3, 0.4) is 0 Å². The highest BCUT2D eigenvalue weighted by Gasteiger charge is 2.14. The zero-order valence-electron chi connectivity index (χ0n) is 16.7. The molecule has 0 aliphatic rings. The number of nitrogens with one attached hydrogen (secondary N) is 1. The molecule has 10 heteroatoms. The lowest BCUT2D eigenvalue weighted by Crippen LogP contribution is -2.29. The van der Waals surface area contributed by atoms with Gasteiger partial charge in [0.25, 0.3) is 5.91 Å². The van der Waals surface area contributed by atoms with Crippen LogP contribution in [0.15, 0.2) is 59.6 Å². The summed E-state index contributed by atoms with van der Waals surface area (Å²) < 4.78 is 2.53. The summed E-state index contributed by atoms with van der Waals surface area (Å²) in [6, 6.07) is 9.50. The van der Waals surface area contributed by atoms with Crippen LogP contribution in [0.5, 0.6) is 0 Å². The molecule has 1 aromatic carbocycles. The number of benzene rings is 1. The minimum absolute atomic E-state index is 0.156. The van der Waals surface area contributed by atoms with Crippen LogP contribution in [0.1, 0.15) is 16.9 Å². The Morgan fingerprint density at radius 2 is 2.10 bits per heavy atom. The molecule has 0 spiro atoms. The van der Waals surface area contributed by atoms with Gasteiger partial charge in [0.05, 0.1) is 22.6 Å². The fourth-order valence-electron chi connectivity index (χ4n) is 3.11. The summed E-state index contributed by atoms with van der Waals surface area (Å²) in [7, 11) is 1.75. The molecule has 0 aliphatic carbocycles. The molecule has 0 aliphatic heterocycles. The fraction of sp³-hybridized carbons (Fsp3) is 0.190. The number of hydrogen-bond donors (Lipinski definition) is 1. The highest BCUT2D eigenvalue weighted by molar-refractivity contribution is 9.10. The summed E-state index contributed by atoms with van der Waals surface area (Å²) in [6.45, 7) is 1.20. The van der Waals surface area contributed by atoms with E-state index in [1.54, 1.807) is 28.9 Å². The number of carbonyl (C=O) groups excluding carboxylic acids is 1. The van der Waals surface area contributed by atoms with E-state index in [0.29, 0.717) is 29.5 Å². The highest BCUT2D eigenvalue weighted by atomic mass is 79.9. The van der Waals surface area contributed by atoms with Crippen molar-refractivity contribution < 1.29 is 4.79 Å². The van der Waals surface area contributed by atoms with Crippen LogP contribution in [0, 0.1) is 0 Å². The van der Waals surface area contributed by atoms with Crippen LogP contribution in [0.25, 0.3) is 16.9 Å². The van der Waals surface area contributed by atoms with Crippen molar-refractivity contribution in [3.63, 3.8) is 0 Å². The SMILES string of the molecule is CN(CCCNc1cc(-c2ccccc2Cl)nc2c(Br)cnn12)C(=O)c1cnccn1. The van der Waals surface area contributed by atoms with E-state index < -0.39 is 0 Å². The largest absolute Gasteiger partial charge is 0.370 e. The number of hydrogen-bond acceptors (Lipinski definition) is 6. The van der Waals surface area contributed by atoms with Gasteiger partial charge in [0.15, 0.2) is 5.65 Å². The van der Waals surface area contributed by atoms with Crippen molar-refractivity contribution in [1.82, 2.24) is 29.5 Å². The van der Waals surface area contributed by atoms with Crippen LogP contribution in [0.4, 0.5) is 5.82 Å². The van der Waals surface area contributed by atoms with E-state index in [2.05, 4.69) is 36.3 Å². The summed E-state index contributed by atoms with van der Waals surface area (Å²) in [5.74, 6) is 0.630. The molecule has 0 atom stereocenters. The number of amides is 1. The summed E-state index contributed by atoms with van der Waals surface area (Å²) in [5.41, 5.74) is 2.61. The Hall–Kier alpha value is -3.04. The first-order chi connectivity index (χ1) is 15.0. The Bertz CT molecular complexity index is 1220. The lowest BCUT2D eigenvalue weighted by Gasteiger charge is -2.17. The van der Waals surface area contributed by atoms with Crippen LogP contribution in [0.2, 0.25) is 5.02 Å². The van der Waals surface area contributed by atoms with Crippen molar-refractivity contribution >= 4 is 44.9 Å². The molecule has 3 aromatic heterocycles. The number of rotatable bonds is 7. The Morgan fingerprint density at radius 3 is 2.87 bits per heavy atom. The summed E-state index contributed by atoms with van der Waals surface area (Å²) >= 11 is 9.88. The van der Waals surface area contributed by atoms with Gasteiger partial charge in [-0.3, -0.25) is 9.78 Å². The van der Waals surface area contributed by atoms with Gasteiger partial charge in [-0.15, -0.1) is 0 Å². The number of anilines is 1. The topological polar surface area (TPSA) is 88.3 Å². The average Bonchev–Trinajstić information content (AvgIpc) is 3.17. The third-order valence-electron chi connectivity index (χ3n) is 4.68. The first kappa shape index (κ1) is 21.2. The number of fused-ring (bicyclic) bond motifs is 1. The van der Waals surface area contributed by atoms with Gasteiger partial charge < -0.3 is 10.2 Å². The maximum atomic E-state index is 12.4. The Balaban J connectivity index is 1.47. The second kappa shape index (κ2) is 9.40. The normalized spacial score (nSPS) is 10.9. The lowest BCUT2D eigenvalue weighted by molar-refractivity contribution is 0.0788. The van der Waals surface area contributed by atoms with Gasteiger partial charge in [0.2, 0.25) is 0 Å². The van der Waals surface area contributed by atoms with Crippen molar-refractivity contribution in [2.75, 3.05) is 25.5 Å². The zero-order chi connectivity index (χ0) is 21.8. The van der Waals surface area contributed by atoms with Gasteiger partial charge in [-0.1, -0.05) is 29.8 Å². The minimum Gasteiger partial charge on any atom is -0.370 e. The first-order valence-corrected chi connectivity index (χ1v) is 10.8. The predicted octanol–water partition coefficient (Wildman–Crippen LogP) is 4.18. The molecule has 0 unspecified atom stereocenters. The maximum absolute atomic E-state index is 12.4. The van der Waals surface area contributed by atoms with Crippen LogP contribution < -0.4 is 5.32 Å². The maximum Gasteiger partial charge on any atom is 0.273 e. The van der Waals surface area contributed by atoms with Crippen LogP contribution >= 0.6 is 27.5 Å². The molecule has 158 valence electrons. The second-order valence-electron chi connectivity index (χ2n) is 6.83. The number of nitrogens with zero attached hydrogens (tertiary/aromatic N) is 6. The van der Waals surface area contributed by atoms with E-state index in [9.17, 15) is 4.79 Å². The molecule has 0 fully saturated rings. The summed E-state index contributed by atoms with van der Waals surface area (Å²) in [5, 5.41) is 8.41. The van der Waals surface area contributed by atoms with E-state index >= 15 is 0 Å². The quantitative estimate of drug-likeness (QED) is 0.383. The van der Waals surface area contributed by atoms with Gasteiger partial charge in [0, 0.05) is 49.2 Å². The van der Waals surface area contributed by atoms with Crippen molar-refractivity contribution in [2.45, 2.75) is 6.42 Å². The van der Waals surface area contributed by atoms with Crippen molar-refractivity contribution in [3.05, 3.63) is 70.3 Å². The van der Waals surface area contributed by atoms with Crippen LogP contribution in [-0.2, 0) is 0 Å². The number of aromatic nitrogens is 5. The molecule has 0 saturated carbocycles. The minimum atomic E-state index is -0.156. The molecule has 0 saturated heterocycles. The van der Waals surface area contributed by atoms with Gasteiger partial charge in [-0.2, -0.15) is 9.61 Å². The second-order valence-corrected chi connectivity index (χ2v) is 8.09. The van der Waals surface area contributed by atoms with E-state index in [1.807, 2.05) is 30.3 Å². The van der Waals surface area contributed by atoms with E-state index in [4.69, 9.17) is 16.6 Å². The van der Waals surface area contributed by atoms with E-state index in [-0.39, 0.29) is 5.91 Å². The molecule has 1 amide bonds. The number of halogens is 2. The number of carbonyl (C=O) groups is 1. The molecule has 1 N–H and O–H groups in total. The lowest BCUT2D eigenvalue weighted by atomic mass is 10.1. The monoisotopic (exact) mass is 499 g/mol. The Kier molecular flexibility index (Phi) is 6.43. The van der Waals surface area contributed by atoms with E-state index in [1.165, 1.54) is 12.4 Å². The van der Waals surface area contributed by atoms with Crippen molar-refractivity contribution in [3.8, 4) is 11.3 Å². The third-order valence-corrected chi connectivity index (χ3v) is 5.57. The molecule has 0 radical (unpaired) electrons. The molecule has 0 bridgehead atoms. The third kappa shape index (κ3) is 4.67. The molecule has 31 heavy (non-hydrogen) atoms.